The van der Waals surface area contributed by atoms with Gasteiger partial charge in [0.1, 0.15) is 0 Å². The minimum atomic E-state index is -0.845. The summed E-state index contributed by atoms with van der Waals surface area (Å²) in [5.41, 5.74) is 0. The Morgan fingerprint density at radius 2 is 0.635 bits per heavy atom. The Hall–Kier alpha value is -1.66. The Bertz CT molecular complexity index is 1150. The van der Waals surface area contributed by atoms with E-state index in [0.29, 0.717) is 19.4 Å². The zero-order valence-corrected chi connectivity index (χ0v) is 50.1. The molecule has 2 unspecified atom stereocenters. The highest BCUT2D eigenvalue weighted by Crippen LogP contribution is 2.18. The van der Waals surface area contributed by atoms with Crippen LogP contribution in [0.5, 0.6) is 0 Å². The lowest BCUT2D eigenvalue weighted by Crippen LogP contribution is -2.45. The zero-order valence-electron chi connectivity index (χ0n) is 50.1. The molecule has 0 spiro atoms. The van der Waals surface area contributed by atoms with Gasteiger partial charge < -0.3 is 20.3 Å². The number of hydrogen-bond donors (Lipinski definition) is 3. The van der Waals surface area contributed by atoms with Crippen molar-refractivity contribution in [3.05, 3.63) is 24.3 Å². The smallest absolute Gasteiger partial charge is 0.305 e. The van der Waals surface area contributed by atoms with Crippen LogP contribution in [0.25, 0.3) is 0 Å². The van der Waals surface area contributed by atoms with Crippen LogP contribution in [0.15, 0.2) is 24.3 Å². The lowest BCUT2D eigenvalue weighted by atomic mass is 10.0. The molecule has 0 bridgehead atoms. The highest BCUT2D eigenvalue weighted by molar-refractivity contribution is 5.76. The predicted octanol–water partition coefficient (Wildman–Crippen LogP) is 21.4. The van der Waals surface area contributed by atoms with Crippen molar-refractivity contribution in [3.8, 4) is 0 Å². The quantitative estimate of drug-likeness (QED) is 0.0320. The number of amides is 1. The van der Waals surface area contributed by atoms with Crippen molar-refractivity contribution in [1.82, 2.24) is 5.32 Å². The Balaban J connectivity index is 3.39. The molecule has 0 rings (SSSR count). The summed E-state index contributed by atoms with van der Waals surface area (Å²) in [5, 5.41) is 23.1. The fourth-order valence-electron chi connectivity index (χ4n) is 10.6. The lowest BCUT2D eigenvalue weighted by Gasteiger charge is -2.20. The van der Waals surface area contributed by atoms with Crippen LogP contribution in [0, 0.1) is 0 Å². The highest BCUT2D eigenvalue weighted by atomic mass is 16.5. The second kappa shape index (κ2) is 63.9. The van der Waals surface area contributed by atoms with Crippen molar-refractivity contribution < 1.29 is 24.5 Å². The number of rotatable bonds is 63. The molecule has 438 valence electrons. The fraction of sp³-hybridized carbons (Fsp3) is 0.912. The molecule has 1 amide bonds. The van der Waals surface area contributed by atoms with E-state index in [9.17, 15) is 19.8 Å². The third-order valence-electron chi connectivity index (χ3n) is 15.7. The molecule has 0 heterocycles. The van der Waals surface area contributed by atoms with Gasteiger partial charge in [0.15, 0.2) is 0 Å². The van der Waals surface area contributed by atoms with Crippen LogP contribution in [0.4, 0.5) is 0 Å². The van der Waals surface area contributed by atoms with Gasteiger partial charge in [-0.25, -0.2) is 0 Å². The van der Waals surface area contributed by atoms with Crippen molar-refractivity contribution in [2.45, 2.75) is 386 Å². The third kappa shape index (κ3) is 59.6. The zero-order chi connectivity index (χ0) is 53.6. The SMILES string of the molecule is CCCCCCCCCCCCCCC/C=C/C(O)C(CO)NC(=O)CCCCCCCCCCCC/C=C\CCCCCCCCCCCCCCOC(=O)CCCCCCCCCCCCCCCCCC. The monoisotopic (exact) mass is 1040 g/mol. The summed E-state index contributed by atoms with van der Waals surface area (Å²) in [7, 11) is 0. The molecule has 0 saturated heterocycles. The molecule has 0 aliphatic carbocycles. The van der Waals surface area contributed by atoms with Crippen molar-refractivity contribution in [3.63, 3.8) is 0 Å². The maximum absolute atomic E-state index is 12.5. The van der Waals surface area contributed by atoms with Crippen molar-refractivity contribution in [2.24, 2.45) is 0 Å². The standard InChI is InChI=1S/C68H131NO5/c1-3-5-7-9-11-13-15-17-19-34-38-42-46-50-54-58-62-68(73)74-63-59-55-51-47-43-39-35-31-29-27-25-23-21-20-22-24-26-28-30-33-37-41-45-49-53-57-61-67(72)69-65(64-70)66(71)60-56-52-48-44-40-36-32-18-16-14-12-10-8-6-4-2/h20,22,56,60,65-66,70-71H,3-19,21,23-55,57-59,61-64H2,1-2H3,(H,69,72)/b22-20-,60-56+. The van der Waals surface area contributed by atoms with Gasteiger partial charge in [-0.1, -0.05) is 327 Å². The minimum absolute atomic E-state index is 0.0179. The number of aliphatic hydroxyl groups excluding tert-OH is 2. The normalized spacial score (nSPS) is 12.6. The van der Waals surface area contributed by atoms with Crippen LogP contribution in [-0.2, 0) is 14.3 Å². The number of unbranched alkanes of at least 4 members (excludes halogenated alkanes) is 50. The van der Waals surface area contributed by atoms with Crippen molar-refractivity contribution >= 4 is 11.9 Å². The first-order valence-electron chi connectivity index (χ1n) is 33.6. The van der Waals surface area contributed by atoms with Crippen LogP contribution in [-0.4, -0.2) is 47.4 Å². The maximum atomic E-state index is 12.5. The summed E-state index contributed by atoms with van der Waals surface area (Å²) >= 11 is 0. The summed E-state index contributed by atoms with van der Waals surface area (Å²) in [5.74, 6) is -0.0498. The highest BCUT2D eigenvalue weighted by Gasteiger charge is 2.18. The van der Waals surface area contributed by atoms with Crippen molar-refractivity contribution in [1.29, 1.82) is 0 Å². The van der Waals surface area contributed by atoms with Crippen LogP contribution in [0.2, 0.25) is 0 Å². The molecule has 3 N–H and O–H groups in total. The molecular weight excluding hydrogens is 911 g/mol. The summed E-state index contributed by atoms with van der Waals surface area (Å²) in [4.78, 5) is 24.6. The number of allylic oxidation sites excluding steroid dienone is 3. The van der Waals surface area contributed by atoms with Crippen molar-refractivity contribution in [2.75, 3.05) is 13.2 Å². The Morgan fingerprint density at radius 3 is 0.959 bits per heavy atom. The topological polar surface area (TPSA) is 95.9 Å². The summed E-state index contributed by atoms with van der Waals surface area (Å²) in [6.45, 7) is 4.93. The molecule has 0 aliphatic rings. The van der Waals surface area contributed by atoms with E-state index in [1.807, 2.05) is 6.08 Å². The largest absolute Gasteiger partial charge is 0.466 e. The van der Waals surface area contributed by atoms with Crippen LogP contribution >= 0.6 is 0 Å². The number of ether oxygens (including phenoxy) is 1. The van der Waals surface area contributed by atoms with E-state index in [2.05, 4.69) is 31.3 Å². The Morgan fingerprint density at radius 1 is 0.365 bits per heavy atom. The van der Waals surface area contributed by atoms with Gasteiger partial charge >= 0.3 is 5.97 Å². The maximum Gasteiger partial charge on any atom is 0.305 e. The van der Waals surface area contributed by atoms with E-state index in [4.69, 9.17) is 4.74 Å². The molecule has 2 atom stereocenters. The van der Waals surface area contributed by atoms with Gasteiger partial charge in [0.2, 0.25) is 5.91 Å². The molecule has 0 radical (unpaired) electrons. The molecule has 0 aromatic rings. The van der Waals surface area contributed by atoms with Gasteiger partial charge in [-0.05, 0) is 57.8 Å². The molecule has 0 fully saturated rings. The van der Waals surface area contributed by atoms with E-state index in [0.717, 1.165) is 38.5 Å². The lowest BCUT2D eigenvalue weighted by molar-refractivity contribution is -0.143. The molecule has 0 aromatic heterocycles. The number of hydrogen-bond acceptors (Lipinski definition) is 5. The third-order valence-corrected chi connectivity index (χ3v) is 15.7. The summed E-state index contributed by atoms with van der Waals surface area (Å²) < 4.78 is 5.50. The molecule has 6 nitrogen and oxygen atoms in total. The molecule has 0 aliphatic heterocycles. The molecule has 0 saturated carbocycles. The molecule has 6 heteroatoms. The van der Waals surface area contributed by atoms with E-state index < -0.39 is 12.1 Å². The first-order chi connectivity index (χ1) is 36.5. The van der Waals surface area contributed by atoms with E-state index in [1.54, 1.807) is 6.08 Å². The number of aliphatic hydroxyl groups is 2. The number of carbonyl (C=O) groups is 2. The molecule has 74 heavy (non-hydrogen) atoms. The number of nitrogens with one attached hydrogen (secondary N) is 1. The Kier molecular flexibility index (Phi) is 62.4. The summed E-state index contributed by atoms with van der Waals surface area (Å²) in [6.07, 6.45) is 79.5. The predicted molar refractivity (Wildman–Crippen MR) is 324 cm³/mol. The molecule has 0 aromatic carbocycles. The van der Waals surface area contributed by atoms with Gasteiger partial charge in [0.25, 0.3) is 0 Å². The summed E-state index contributed by atoms with van der Waals surface area (Å²) in [6, 6.07) is -0.629. The Labute approximate surface area is 462 Å². The van der Waals surface area contributed by atoms with E-state index >= 15 is 0 Å². The van der Waals surface area contributed by atoms with Gasteiger partial charge in [0, 0.05) is 12.8 Å². The second-order valence-corrected chi connectivity index (χ2v) is 23.2. The minimum Gasteiger partial charge on any atom is -0.466 e. The van der Waals surface area contributed by atoms with Crippen LogP contribution in [0.1, 0.15) is 373 Å². The average molecular weight is 1040 g/mol. The fourth-order valence-corrected chi connectivity index (χ4v) is 10.6. The first kappa shape index (κ1) is 72.3. The first-order valence-corrected chi connectivity index (χ1v) is 33.6. The van der Waals surface area contributed by atoms with E-state index in [1.165, 1.54) is 308 Å². The van der Waals surface area contributed by atoms with Gasteiger partial charge in [-0.2, -0.15) is 0 Å². The van der Waals surface area contributed by atoms with Gasteiger partial charge in [0.05, 0.1) is 25.4 Å². The second-order valence-electron chi connectivity index (χ2n) is 23.2. The van der Waals surface area contributed by atoms with Gasteiger partial charge in [-0.3, -0.25) is 9.59 Å². The van der Waals surface area contributed by atoms with E-state index in [-0.39, 0.29) is 18.5 Å². The average Bonchev–Trinajstić information content (AvgIpc) is 3.40. The van der Waals surface area contributed by atoms with Crippen LogP contribution < -0.4 is 5.32 Å². The molecular formula is C68H131NO5. The number of esters is 1. The van der Waals surface area contributed by atoms with Crippen LogP contribution in [0.3, 0.4) is 0 Å². The number of carbonyl (C=O) groups excluding carboxylic acids is 2. The van der Waals surface area contributed by atoms with Gasteiger partial charge in [-0.15, -0.1) is 0 Å².